The minimum atomic E-state index is -0.173. The smallest absolute Gasteiger partial charge is 0.264 e. The van der Waals surface area contributed by atoms with E-state index in [0.29, 0.717) is 17.5 Å². The molecule has 4 nitrogen and oxygen atoms in total. The van der Waals surface area contributed by atoms with Gasteiger partial charge in [-0.1, -0.05) is 36.4 Å². The van der Waals surface area contributed by atoms with Gasteiger partial charge in [0.25, 0.3) is 5.56 Å². The van der Waals surface area contributed by atoms with Gasteiger partial charge >= 0.3 is 0 Å². The van der Waals surface area contributed by atoms with Crippen LogP contribution in [0.1, 0.15) is 6.42 Å². The minimum Gasteiger partial charge on any atom is -0.268 e. The maximum Gasteiger partial charge on any atom is 0.264 e. The van der Waals surface area contributed by atoms with Crippen LogP contribution >= 0.6 is 0 Å². The Morgan fingerprint density at radius 1 is 1.17 bits per heavy atom. The Morgan fingerprint density at radius 2 is 1.96 bits per heavy atom. The van der Waals surface area contributed by atoms with Crippen molar-refractivity contribution >= 4 is 39.3 Å². The standard InChI is InChI=1S/C19H11N3O/c20-10-11-7-8-16-15(9-11)21-18-13-5-1-3-12-4-2-6-14(17(12)13)19(23)22(16)18/h1-6,8-9,11H,7H2. The van der Waals surface area contributed by atoms with Crippen molar-refractivity contribution in [2.45, 2.75) is 6.42 Å². The molecular weight excluding hydrogens is 286 g/mol. The zero-order valence-electron chi connectivity index (χ0n) is 12.2. The van der Waals surface area contributed by atoms with Gasteiger partial charge < -0.3 is 0 Å². The largest absolute Gasteiger partial charge is 0.268 e. The van der Waals surface area contributed by atoms with Crippen LogP contribution < -0.4 is 16.3 Å². The average molecular weight is 297 g/mol. The SMILES string of the molecule is N#CC1C=c2nc3c4cccc5cccc(c(=O)n3c2=CC1)c54. The van der Waals surface area contributed by atoms with Crippen LogP contribution in [0.4, 0.5) is 0 Å². The zero-order chi connectivity index (χ0) is 15.6. The molecule has 0 fully saturated rings. The van der Waals surface area contributed by atoms with Gasteiger partial charge in [-0.3, -0.25) is 9.20 Å². The lowest BCUT2D eigenvalue weighted by molar-refractivity contribution is 0.893. The van der Waals surface area contributed by atoms with Crippen LogP contribution in [0.25, 0.3) is 39.3 Å². The number of benzene rings is 2. The van der Waals surface area contributed by atoms with Crippen LogP contribution in [-0.2, 0) is 0 Å². The van der Waals surface area contributed by atoms with Crippen molar-refractivity contribution in [3.63, 3.8) is 0 Å². The number of nitrogens with zero attached hydrogens (tertiary/aromatic N) is 3. The number of nitriles is 1. The molecule has 0 saturated heterocycles. The second-order valence-corrected chi connectivity index (χ2v) is 5.90. The van der Waals surface area contributed by atoms with Gasteiger partial charge in [-0.05, 0) is 23.9 Å². The van der Waals surface area contributed by atoms with Crippen LogP contribution in [-0.4, -0.2) is 9.38 Å². The molecule has 0 aliphatic heterocycles. The first-order valence-electron chi connectivity index (χ1n) is 7.55. The van der Waals surface area contributed by atoms with E-state index in [4.69, 9.17) is 5.26 Å². The minimum absolute atomic E-state index is 0.0434. The van der Waals surface area contributed by atoms with E-state index in [0.717, 1.165) is 26.9 Å². The molecule has 23 heavy (non-hydrogen) atoms. The van der Waals surface area contributed by atoms with Crippen molar-refractivity contribution in [2.75, 3.05) is 0 Å². The van der Waals surface area contributed by atoms with Crippen molar-refractivity contribution in [1.82, 2.24) is 9.38 Å². The predicted molar refractivity (Wildman–Crippen MR) is 89.6 cm³/mol. The Bertz CT molecular complexity index is 1320. The Hall–Kier alpha value is -3.19. The second-order valence-electron chi connectivity index (χ2n) is 5.90. The number of hydrogen-bond acceptors (Lipinski definition) is 3. The van der Waals surface area contributed by atoms with Crippen molar-refractivity contribution in [3.05, 3.63) is 57.5 Å². The molecule has 0 N–H and O–H groups in total. The van der Waals surface area contributed by atoms with Gasteiger partial charge in [-0.25, -0.2) is 4.98 Å². The molecule has 1 unspecified atom stereocenters. The number of imidazole rings is 1. The Morgan fingerprint density at radius 3 is 2.74 bits per heavy atom. The van der Waals surface area contributed by atoms with E-state index in [1.54, 1.807) is 4.40 Å². The van der Waals surface area contributed by atoms with Gasteiger partial charge in [0.2, 0.25) is 0 Å². The first-order chi connectivity index (χ1) is 11.3. The molecule has 0 saturated carbocycles. The van der Waals surface area contributed by atoms with Crippen molar-refractivity contribution in [2.24, 2.45) is 5.92 Å². The third-order valence-corrected chi connectivity index (χ3v) is 4.61. The first kappa shape index (κ1) is 12.4. The number of hydrogen-bond donors (Lipinski definition) is 0. The summed E-state index contributed by atoms with van der Waals surface area (Å²) >= 11 is 0. The molecule has 1 aliphatic carbocycles. The highest BCUT2D eigenvalue weighted by Crippen LogP contribution is 2.26. The summed E-state index contributed by atoms with van der Waals surface area (Å²) in [6.07, 6.45) is 4.43. The summed E-state index contributed by atoms with van der Waals surface area (Å²) in [6.45, 7) is 0. The maximum absolute atomic E-state index is 13.0. The van der Waals surface area contributed by atoms with Gasteiger partial charge in [0, 0.05) is 16.2 Å². The molecule has 0 radical (unpaired) electrons. The lowest BCUT2D eigenvalue weighted by Gasteiger charge is -2.06. The molecule has 108 valence electrons. The van der Waals surface area contributed by atoms with Gasteiger partial charge in [-0.15, -0.1) is 0 Å². The summed E-state index contributed by atoms with van der Waals surface area (Å²) in [6, 6.07) is 14.0. The molecule has 2 heterocycles. The van der Waals surface area contributed by atoms with Gasteiger partial charge in [0.1, 0.15) is 5.65 Å². The second kappa shape index (κ2) is 4.17. The lowest BCUT2D eigenvalue weighted by Crippen LogP contribution is -2.35. The fraction of sp³-hybridized carbons (Fsp3) is 0.105. The van der Waals surface area contributed by atoms with Crippen molar-refractivity contribution in [1.29, 1.82) is 5.26 Å². The third kappa shape index (κ3) is 1.49. The molecule has 1 aliphatic rings. The average Bonchev–Trinajstić information content (AvgIpc) is 2.98. The summed E-state index contributed by atoms with van der Waals surface area (Å²) in [7, 11) is 0. The van der Waals surface area contributed by atoms with E-state index in [-0.39, 0.29) is 11.5 Å². The van der Waals surface area contributed by atoms with Gasteiger partial charge in [0.15, 0.2) is 0 Å². The van der Waals surface area contributed by atoms with Crippen LogP contribution in [0.5, 0.6) is 0 Å². The Labute approximate surface area is 130 Å². The summed E-state index contributed by atoms with van der Waals surface area (Å²) in [4.78, 5) is 17.7. The first-order valence-corrected chi connectivity index (χ1v) is 7.55. The molecule has 4 aromatic rings. The van der Waals surface area contributed by atoms with Crippen molar-refractivity contribution in [3.8, 4) is 6.07 Å². The molecule has 2 aromatic heterocycles. The van der Waals surface area contributed by atoms with Crippen LogP contribution in [0.15, 0.2) is 41.2 Å². The molecule has 0 amide bonds. The monoisotopic (exact) mass is 297 g/mol. The van der Waals surface area contributed by atoms with E-state index in [1.807, 2.05) is 48.6 Å². The predicted octanol–water partition coefficient (Wildman–Crippen LogP) is 1.54. The van der Waals surface area contributed by atoms with E-state index in [1.165, 1.54) is 0 Å². The fourth-order valence-electron chi connectivity index (χ4n) is 3.57. The summed E-state index contributed by atoms with van der Waals surface area (Å²) in [5.41, 5.74) is 0.633. The quantitative estimate of drug-likeness (QED) is 0.495. The number of fused-ring (bicyclic) bond motifs is 4. The van der Waals surface area contributed by atoms with E-state index < -0.39 is 0 Å². The number of aromatic nitrogens is 2. The maximum atomic E-state index is 13.0. The van der Waals surface area contributed by atoms with E-state index in [9.17, 15) is 4.79 Å². The van der Waals surface area contributed by atoms with Crippen LogP contribution in [0.3, 0.4) is 0 Å². The highest BCUT2D eigenvalue weighted by Gasteiger charge is 2.16. The zero-order valence-corrected chi connectivity index (χ0v) is 12.2. The van der Waals surface area contributed by atoms with Crippen LogP contribution in [0.2, 0.25) is 0 Å². The highest BCUT2D eigenvalue weighted by molar-refractivity contribution is 6.14. The molecule has 4 heteroatoms. The molecule has 5 rings (SSSR count). The van der Waals surface area contributed by atoms with Crippen molar-refractivity contribution < 1.29 is 0 Å². The van der Waals surface area contributed by atoms with Crippen LogP contribution in [0, 0.1) is 17.2 Å². The molecular formula is C19H11N3O. The number of pyridine rings is 1. The third-order valence-electron chi connectivity index (χ3n) is 4.61. The van der Waals surface area contributed by atoms with E-state index >= 15 is 0 Å². The van der Waals surface area contributed by atoms with Gasteiger partial charge in [-0.2, -0.15) is 5.26 Å². The Kier molecular flexibility index (Phi) is 2.24. The molecule has 2 aromatic carbocycles. The fourth-order valence-corrected chi connectivity index (χ4v) is 3.57. The van der Waals surface area contributed by atoms with E-state index in [2.05, 4.69) is 11.1 Å². The molecule has 1 atom stereocenters. The normalized spacial score (nSPS) is 16.9. The van der Waals surface area contributed by atoms with Gasteiger partial charge in [0.05, 0.1) is 22.7 Å². The lowest BCUT2D eigenvalue weighted by atomic mass is 10.0. The highest BCUT2D eigenvalue weighted by atomic mass is 16.1. The number of rotatable bonds is 0. The molecule has 0 bridgehead atoms. The summed E-state index contributed by atoms with van der Waals surface area (Å²) in [5.74, 6) is -0.173. The topological polar surface area (TPSA) is 58.2 Å². The summed E-state index contributed by atoms with van der Waals surface area (Å²) in [5, 5.41) is 14.4. The Balaban J connectivity index is 2.15. The summed E-state index contributed by atoms with van der Waals surface area (Å²) < 4.78 is 1.69. The molecule has 0 spiro atoms.